The molecule has 2 aliphatic carbocycles. The Morgan fingerprint density at radius 2 is 0.824 bits per heavy atom. The summed E-state index contributed by atoms with van der Waals surface area (Å²) in [4.78, 5) is 14.9. The van der Waals surface area contributed by atoms with Crippen molar-refractivity contribution in [3.8, 4) is 67.5 Å². The molecule has 3 nitrogen and oxygen atoms in total. The lowest BCUT2D eigenvalue weighted by Gasteiger charge is -2.30. The van der Waals surface area contributed by atoms with Crippen LogP contribution in [0.3, 0.4) is 0 Å². The first-order chi connectivity index (χ1) is 25.1. The van der Waals surface area contributed by atoms with E-state index in [1.54, 1.807) is 0 Å². The van der Waals surface area contributed by atoms with Crippen LogP contribution in [-0.2, 0) is 5.41 Å². The van der Waals surface area contributed by atoms with Crippen LogP contribution in [0.5, 0.6) is 0 Å². The molecule has 0 radical (unpaired) electrons. The van der Waals surface area contributed by atoms with Gasteiger partial charge >= 0.3 is 0 Å². The van der Waals surface area contributed by atoms with E-state index in [1.165, 1.54) is 50.1 Å². The Kier molecular flexibility index (Phi) is 6.67. The highest BCUT2D eigenvalue weighted by Crippen LogP contribution is 2.62. The van der Waals surface area contributed by atoms with Crippen molar-refractivity contribution in [2.24, 2.45) is 0 Å². The number of hydrogen-bond acceptors (Lipinski definition) is 3. The van der Waals surface area contributed by atoms with Gasteiger partial charge in [-0.2, -0.15) is 0 Å². The lowest BCUT2D eigenvalue weighted by molar-refractivity contribution is 0.794. The minimum absolute atomic E-state index is 0.373. The molecule has 51 heavy (non-hydrogen) atoms. The van der Waals surface area contributed by atoms with E-state index in [9.17, 15) is 0 Å². The number of aromatic nitrogens is 3. The summed E-state index contributed by atoms with van der Waals surface area (Å²) in [5.41, 5.74) is 16.0. The molecule has 0 bridgehead atoms. The molecular formula is C47H30ClN3. The molecule has 10 rings (SSSR count). The van der Waals surface area contributed by atoms with Gasteiger partial charge < -0.3 is 0 Å². The minimum atomic E-state index is -0.373. The van der Waals surface area contributed by atoms with Gasteiger partial charge in [0.05, 0.1) is 5.41 Å². The summed E-state index contributed by atoms with van der Waals surface area (Å²) in [5.74, 6) is 1.82. The summed E-state index contributed by atoms with van der Waals surface area (Å²) in [6.07, 6.45) is 0. The zero-order valence-electron chi connectivity index (χ0n) is 27.8. The first-order valence-electron chi connectivity index (χ1n) is 17.2. The van der Waals surface area contributed by atoms with Gasteiger partial charge in [0.15, 0.2) is 17.5 Å². The van der Waals surface area contributed by atoms with Crippen molar-refractivity contribution in [3.63, 3.8) is 0 Å². The molecule has 0 unspecified atom stereocenters. The number of nitrogens with zero attached hydrogens (tertiary/aromatic N) is 3. The van der Waals surface area contributed by atoms with Gasteiger partial charge in [-0.05, 0) is 86.8 Å². The van der Waals surface area contributed by atoms with Crippen molar-refractivity contribution in [3.05, 3.63) is 197 Å². The van der Waals surface area contributed by atoms with E-state index in [4.69, 9.17) is 26.6 Å². The molecule has 0 aliphatic heterocycles. The van der Waals surface area contributed by atoms with Gasteiger partial charge in [0.1, 0.15) is 0 Å². The zero-order chi connectivity index (χ0) is 34.1. The Morgan fingerprint density at radius 1 is 0.373 bits per heavy atom. The van der Waals surface area contributed by atoms with Crippen molar-refractivity contribution in [2.45, 2.75) is 12.3 Å². The maximum atomic E-state index is 6.92. The molecule has 240 valence electrons. The lowest BCUT2D eigenvalue weighted by atomic mass is 9.70. The van der Waals surface area contributed by atoms with Crippen LogP contribution in [0.25, 0.3) is 67.5 Å². The van der Waals surface area contributed by atoms with Crippen LogP contribution < -0.4 is 0 Å². The lowest BCUT2D eigenvalue weighted by Crippen LogP contribution is -2.25. The topological polar surface area (TPSA) is 38.7 Å². The Bertz CT molecular complexity index is 2620. The maximum Gasteiger partial charge on any atom is 0.164 e. The van der Waals surface area contributed by atoms with E-state index in [0.717, 1.165) is 27.8 Å². The fraction of sp³-hybridized carbons (Fsp3) is 0.0426. The molecule has 4 heteroatoms. The Morgan fingerprint density at radius 3 is 1.43 bits per heavy atom. The van der Waals surface area contributed by atoms with Crippen molar-refractivity contribution >= 4 is 11.6 Å². The van der Waals surface area contributed by atoms with Crippen molar-refractivity contribution in [2.75, 3.05) is 0 Å². The molecule has 0 fully saturated rings. The molecule has 7 aromatic carbocycles. The van der Waals surface area contributed by atoms with E-state index in [1.807, 2.05) is 42.5 Å². The molecule has 0 amide bonds. The number of fused-ring (bicyclic) bond motifs is 10. The van der Waals surface area contributed by atoms with Crippen molar-refractivity contribution in [1.29, 1.82) is 0 Å². The largest absolute Gasteiger partial charge is 0.208 e. The number of benzene rings is 7. The van der Waals surface area contributed by atoms with E-state index < -0.39 is 0 Å². The van der Waals surface area contributed by atoms with Crippen LogP contribution in [0, 0.1) is 6.92 Å². The van der Waals surface area contributed by atoms with E-state index in [2.05, 4.69) is 128 Å². The van der Waals surface area contributed by atoms with Gasteiger partial charge in [-0.1, -0.05) is 157 Å². The molecule has 0 saturated heterocycles. The number of halogens is 1. The van der Waals surface area contributed by atoms with E-state index in [-0.39, 0.29) is 5.41 Å². The van der Waals surface area contributed by atoms with Crippen LogP contribution in [0.4, 0.5) is 0 Å². The summed E-state index contributed by atoms with van der Waals surface area (Å²) in [6, 6.07) is 58.0. The smallest absolute Gasteiger partial charge is 0.164 e. The van der Waals surface area contributed by atoms with E-state index in [0.29, 0.717) is 22.5 Å². The first-order valence-corrected chi connectivity index (χ1v) is 17.6. The number of aryl methyl sites for hydroxylation is 1. The Labute approximate surface area is 302 Å². The maximum absolute atomic E-state index is 6.92. The highest BCUT2D eigenvalue weighted by molar-refractivity contribution is 6.31. The van der Waals surface area contributed by atoms with Crippen LogP contribution in [0.15, 0.2) is 164 Å². The van der Waals surface area contributed by atoms with Gasteiger partial charge in [0.2, 0.25) is 0 Å². The van der Waals surface area contributed by atoms with Gasteiger partial charge in [0.25, 0.3) is 0 Å². The molecule has 0 atom stereocenters. The van der Waals surface area contributed by atoms with Gasteiger partial charge in [0, 0.05) is 21.7 Å². The van der Waals surface area contributed by atoms with Crippen LogP contribution in [0.1, 0.15) is 27.8 Å². The second kappa shape index (κ2) is 11.4. The summed E-state index contributed by atoms with van der Waals surface area (Å²) >= 11 is 6.92. The standard InChI is InChI=1S/C47H30ClN3/c1-29-19-21-31(22-20-29)45-49-44(30-11-3-2-4-12-30)50-46(51-45)34-25-33(26-35(48)27-34)32-23-24-43-39(28-32)38-15-7-10-18-42(38)47(43)40-16-8-5-13-36(40)37-14-6-9-17-41(37)47/h2-28H,1H3. The molecule has 1 aromatic heterocycles. The van der Waals surface area contributed by atoms with Gasteiger partial charge in [-0.3, -0.25) is 0 Å². The third-order valence-electron chi connectivity index (χ3n) is 10.5. The third kappa shape index (κ3) is 4.55. The van der Waals surface area contributed by atoms with Crippen LogP contribution in [0.2, 0.25) is 5.02 Å². The monoisotopic (exact) mass is 671 g/mol. The molecule has 2 aliphatic rings. The predicted octanol–water partition coefficient (Wildman–Crippen LogP) is 11.8. The number of hydrogen-bond donors (Lipinski definition) is 0. The average Bonchev–Trinajstić information content (AvgIpc) is 3.65. The zero-order valence-corrected chi connectivity index (χ0v) is 28.6. The Hall–Kier alpha value is -6.16. The van der Waals surface area contributed by atoms with Crippen molar-refractivity contribution in [1.82, 2.24) is 15.0 Å². The van der Waals surface area contributed by atoms with Gasteiger partial charge in [-0.15, -0.1) is 0 Å². The highest BCUT2D eigenvalue weighted by Gasteiger charge is 2.51. The van der Waals surface area contributed by atoms with Crippen molar-refractivity contribution < 1.29 is 0 Å². The van der Waals surface area contributed by atoms with Crippen LogP contribution >= 0.6 is 11.6 Å². The molecular weight excluding hydrogens is 642 g/mol. The quantitative estimate of drug-likeness (QED) is 0.187. The fourth-order valence-electron chi connectivity index (χ4n) is 8.22. The fourth-order valence-corrected chi connectivity index (χ4v) is 8.45. The predicted molar refractivity (Wildman–Crippen MR) is 208 cm³/mol. The molecule has 1 heterocycles. The summed E-state index contributed by atoms with van der Waals surface area (Å²) in [6.45, 7) is 2.08. The summed E-state index contributed by atoms with van der Waals surface area (Å²) in [7, 11) is 0. The Balaban J connectivity index is 1.14. The summed E-state index contributed by atoms with van der Waals surface area (Å²) in [5, 5.41) is 0.622. The summed E-state index contributed by atoms with van der Waals surface area (Å²) < 4.78 is 0. The SMILES string of the molecule is Cc1ccc(-c2nc(-c3ccccc3)nc(-c3cc(Cl)cc(-c4ccc5c(c4)-c4ccccc4C54c5ccccc5-c5ccccc54)c3)n2)cc1. The second-order valence-electron chi connectivity index (χ2n) is 13.4. The second-order valence-corrected chi connectivity index (χ2v) is 13.9. The third-order valence-corrected chi connectivity index (χ3v) is 10.7. The highest BCUT2D eigenvalue weighted by atomic mass is 35.5. The molecule has 0 saturated carbocycles. The normalized spacial score (nSPS) is 13.1. The molecule has 1 spiro atoms. The van der Waals surface area contributed by atoms with Crippen LogP contribution in [-0.4, -0.2) is 15.0 Å². The average molecular weight is 672 g/mol. The molecule has 0 N–H and O–H groups in total. The minimum Gasteiger partial charge on any atom is -0.208 e. The number of rotatable bonds is 4. The first kappa shape index (κ1) is 29.7. The molecule has 8 aromatic rings. The van der Waals surface area contributed by atoms with E-state index >= 15 is 0 Å². The van der Waals surface area contributed by atoms with Gasteiger partial charge in [-0.25, -0.2) is 15.0 Å².